The number of pyridine rings is 1. The fourth-order valence-corrected chi connectivity index (χ4v) is 2.89. The SMILES string of the molecule is COCCNC(=O)c1cnn2c1C[C@H](NC(=O)c1ccnc(C)c1)C2. The van der Waals surface area contributed by atoms with Gasteiger partial charge < -0.3 is 15.4 Å². The number of amides is 2. The molecule has 0 bridgehead atoms. The lowest BCUT2D eigenvalue weighted by Gasteiger charge is -2.12. The second kappa shape index (κ2) is 7.43. The van der Waals surface area contributed by atoms with E-state index in [2.05, 4.69) is 20.7 Å². The van der Waals surface area contributed by atoms with Gasteiger partial charge in [-0.25, -0.2) is 0 Å². The molecule has 0 aromatic carbocycles. The monoisotopic (exact) mass is 343 g/mol. The highest BCUT2D eigenvalue weighted by Crippen LogP contribution is 2.19. The number of ether oxygens (including phenoxy) is 1. The molecule has 0 aliphatic carbocycles. The Balaban J connectivity index is 1.62. The van der Waals surface area contributed by atoms with Crippen molar-refractivity contribution < 1.29 is 14.3 Å². The lowest BCUT2D eigenvalue weighted by Crippen LogP contribution is -2.36. The van der Waals surface area contributed by atoms with Crippen LogP contribution in [0.2, 0.25) is 0 Å². The molecule has 8 heteroatoms. The maximum Gasteiger partial charge on any atom is 0.254 e. The summed E-state index contributed by atoms with van der Waals surface area (Å²) in [5.74, 6) is -0.317. The van der Waals surface area contributed by atoms with E-state index in [9.17, 15) is 9.59 Å². The molecule has 0 fully saturated rings. The minimum Gasteiger partial charge on any atom is -0.383 e. The lowest BCUT2D eigenvalue weighted by atomic mass is 10.1. The highest BCUT2D eigenvalue weighted by molar-refractivity contribution is 5.96. The molecule has 1 atom stereocenters. The minimum atomic E-state index is -0.171. The second-order valence-corrected chi connectivity index (χ2v) is 6.00. The Kier molecular flexibility index (Phi) is 5.08. The number of aromatic nitrogens is 3. The maximum atomic E-state index is 12.4. The first-order valence-electron chi connectivity index (χ1n) is 8.14. The van der Waals surface area contributed by atoms with Crippen molar-refractivity contribution in [2.24, 2.45) is 0 Å². The first kappa shape index (κ1) is 17.1. The van der Waals surface area contributed by atoms with Crippen molar-refractivity contribution in [2.75, 3.05) is 20.3 Å². The van der Waals surface area contributed by atoms with Gasteiger partial charge in [-0.1, -0.05) is 0 Å². The lowest BCUT2D eigenvalue weighted by molar-refractivity contribution is 0.0931. The fourth-order valence-electron chi connectivity index (χ4n) is 2.89. The number of aryl methyl sites for hydroxylation is 1. The predicted molar refractivity (Wildman–Crippen MR) is 90.4 cm³/mol. The Morgan fingerprint density at radius 1 is 1.40 bits per heavy atom. The highest BCUT2D eigenvalue weighted by Gasteiger charge is 2.28. The molecule has 0 unspecified atom stereocenters. The summed E-state index contributed by atoms with van der Waals surface area (Å²) in [5, 5.41) is 10.0. The van der Waals surface area contributed by atoms with Crippen LogP contribution in [-0.4, -0.2) is 52.9 Å². The largest absolute Gasteiger partial charge is 0.383 e. The van der Waals surface area contributed by atoms with Crippen LogP contribution in [0.25, 0.3) is 0 Å². The molecule has 3 heterocycles. The van der Waals surface area contributed by atoms with Crippen LogP contribution >= 0.6 is 0 Å². The van der Waals surface area contributed by atoms with Crippen molar-refractivity contribution in [1.29, 1.82) is 0 Å². The molecule has 1 aliphatic rings. The zero-order valence-corrected chi connectivity index (χ0v) is 14.3. The van der Waals surface area contributed by atoms with Crippen molar-refractivity contribution in [3.63, 3.8) is 0 Å². The summed E-state index contributed by atoms with van der Waals surface area (Å²) in [6.45, 7) is 3.30. The van der Waals surface area contributed by atoms with Gasteiger partial charge in [0.1, 0.15) is 0 Å². The van der Waals surface area contributed by atoms with Gasteiger partial charge in [-0.05, 0) is 19.1 Å². The van der Waals surface area contributed by atoms with Gasteiger partial charge in [-0.3, -0.25) is 19.3 Å². The van der Waals surface area contributed by atoms with Gasteiger partial charge in [-0.2, -0.15) is 5.10 Å². The number of nitrogens with one attached hydrogen (secondary N) is 2. The zero-order chi connectivity index (χ0) is 17.8. The molecule has 132 valence electrons. The molecule has 2 aromatic rings. The Morgan fingerprint density at radius 3 is 3.00 bits per heavy atom. The van der Waals surface area contributed by atoms with Crippen LogP contribution in [0.5, 0.6) is 0 Å². The van der Waals surface area contributed by atoms with E-state index in [1.807, 2.05) is 6.92 Å². The molecule has 0 saturated carbocycles. The summed E-state index contributed by atoms with van der Waals surface area (Å²) in [4.78, 5) is 28.7. The van der Waals surface area contributed by atoms with Crippen molar-refractivity contribution in [3.05, 3.63) is 47.0 Å². The molecule has 0 radical (unpaired) electrons. The Morgan fingerprint density at radius 2 is 2.24 bits per heavy atom. The third-order valence-electron chi connectivity index (χ3n) is 4.11. The summed E-state index contributed by atoms with van der Waals surface area (Å²) in [7, 11) is 1.58. The van der Waals surface area contributed by atoms with Crippen LogP contribution in [0.4, 0.5) is 0 Å². The number of carbonyl (C=O) groups is 2. The van der Waals surface area contributed by atoms with Gasteiger partial charge in [0.25, 0.3) is 11.8 Å². The van der Waals surface area contributed by atoms with E-state index >= 15 is 0 Å². The van der Waals surface area contributed by atoms with Crippen molar-refractivity contribution in [1.82, 2.24) is 25.4 Å². The van der Waals surface area contributed by atoms with Gasteiger partial charge >= 0.3 is 0 Å². The summed E-state index contributed by atoms with van der Waals surface area (Å²) < 4.78 is 6.70. The van der Waals surface area contributed by atoms with E-state index in [-0.39, 0.29) is 17.9 Å². The maximum absolute atomic E-state index is 12.4. The third kappa shape index (κ3) is 3.85. The molecule has 1 aliphatic heterocycles. The number of methoxy groups -OCH3 is 1. The van der Waals surface area contributed by atoms with Gasteiger partial charge in [0.05, 0.1) is 36.6 Å². The van der Waals surface area contributed by atoms with Crippen LogP contribution in [0.3, 0.4) is 0 Å². The summed E-state index contributed by atoms with van der Waals surface area (Å²) in [6, 6.07) is 3.34. The molecule has 3 rings (SSSR count). The smallest absolute Gasteiger partial charge is 0.254 e. The average Bonchev–Trinajstić information content (AvgIpc) is 3.14. The number of fused-ring (bicyclic) bond motifs is 1. The number of carbonyl (C=O) groups excluding carboxylic acids is 2. The number of rotatable bonds is 6. The van der Waals surface area contributed by atoms with Gasteiger partial charge in [0, 0.05) is 37.5 Å². The standard InChI is InChI=1S/C17H21N5O3/c1-11-7-12(3-4-18-11)16(23)21-13-8-15-14(9-20-22(15)10-13)17(24)19-5-6-25-2/h3-4,7,9,13H,5-6,8,10H2,1-2H3,(H,19,24)(H,21,23)/t13-/m0/s1. The molecule has 2 N–H and O–H groups in total. The Labute approximate surface area is 145 Å². The summed E-state index contributed by atoms with van der Waals surface area (Å²) in [6.07, 6.45) is 3.76. The van der Waals surface area contributed by atoms with Gasteiger partial charge in [0.2, 0.25) is 0 Å². The topological polar surface area (TPSA) is 98.1 Å². The zero-order valence-electron chi connectivity index (χ0n) is 14.3. The molecule has 0 spiro atoms. The molecule has 25 heavy (non-hydrogen) atoms. The van der Waals surface area contributed by atoms with Gasteiger partial charge in [-0.15, -0.1) is 0 Å². The quantitative estimate of drug-likeness (QED) is 0.736. The van der Waals surface area contributed by atoms with Crippen molar-refractivity contribution in [2.45, 2.75) is 25.9 Å². The summed E-state index contributed by atoms with van der Waals surface area (Å²) >= 11 is 0. The number of nitrogens with zero attached hydrogens (tertiary/aromatic N) is 3. The Hall–Kier alpha value is -2.74. The molecule has 0 saturated heterocycles. The van der Waals surface area contributed by atoms with Crippen LogP contribution in [-0.2, 0) is 17.7 Å². The van der Waals surface area contributed by atoms with Crippen molar-refractivity contribution >= 4 is 11.8 Å². The van der Waals surface area contributed by atoms with Crippen molar-refractivity contribution in [3.8, 4) is 0 Å². The van der Waals surface area contributed by atoms with Gasteiger partial charge in [0.15, 0.2) is 0 Å². The molecule has 2 amide bonds. The first-order valence-corrected chi connectivity index (χ1v) is 8.14. The van der Waals surface area contributed by atoms with Crippen LogP contribution < -0.4 is 10.6 Å². The van der Waals surface area contributed by atoms with Crippen LogP contribution in [0.1, 0.15) is 32.1 Å². The average molecular weight is 343 g/mol. The normalized spacial score (nSPS) is 15.7. The van der Waals surface area contributed by atoms with E-state index in [1.165, 1.54) is 0 Å². The van der Waals surface area contributed by atoms with E-state index < -0.39 is 0 Å². The molecule has 2 aromatic heterocycles. The number of hydrogen-bond acceptors (Lipinski definition) is 5. The van der Waals surface area contributed by atoms with E-state index in [4.69, 9.17) is 4.74 Å². The third-order valence-corrected chi connectivity index (χ3v) is 4.11. The van der Waals surface area contributed by atoms with E-state index in [0.717, 1.165) is 11.4 Å². The minimum absolute atomic E-state index is 0.0878. The number of hydrogen-bond donors (Lipinski definition) is 2. The Bertz CT molecular complexity index is 786. The highest BCUT2D eigenvalue weighted by atomic mass is 16.5. The summed E-state index contributed by atoms with van der Waals surface area (Å²) in [5.41, 5.74) is 2.76. The first-order chi connectivity index (χ1) is 12.1. The molecule has 8 nitrogen and oxygen atoms in total. The fraction of sp³-hybridized carbons (Fsp3) is 0.412. The van der Waals surface area contributed by atoms with Crippen LogP contribution in [0, 0.1) is 6.92 Å². The van der Waals surface area contributed by atoms with E-state index in [1.54, 1.807) is 36.3 Å². The second-order valence-electron chi connectivity index (χ2n) is 6.00. The van der Waals surface area contributed by atoms with E-state index in [0.29, 0.717) is 37.2 Å². The van der Waals surface area contributed by atoms with Crippen LogP contribution in [0.15, 0.2) is 24.5 Å². The molecular formula is C17H21N5O3. The molecular weight excluding hydrogens is 322 g/mol. The predicted octanol–water partition coefficient (Wildman–Crippen LogP) is 0.317.